The molecular weight excluding hydrogens is 507 g/mol. The van der Waals surface area contributed by atoms with Gasteiger partial charge in [-0.15, -0.1) is 0 Å². The van der Waals surface area contributed by atoms with E-state index in [0.717, 1.165) is 18.4 Å². The van der Waals surface area contributed by atoms with Crippen LogP contribution in [0.2, 0.25) is 0 Å². The Morgan fingerprint density at radius 3 is 2.12 bits per heavy atom. The molecule has 0 aromatic heterocycles. The lowest BCUT2D eigenvalue weighted by atomic mass is 9.88. The molecule has 0 heterocycles. The van der Waals surface area contributed by atoms with Crippen molar-refractivity contribution in [3.05, 3.63) is 89.8 Å². The summed E-state index contributed by atoms with van der Waals surface area (Å²) in [6.45, 7) is 2.74. The summed E-state index contributed by atoms with van der Waals surface area (Å²) >= 11 is 0. The van der Waals surface area contributed by atoms with E-state index in [9.17, 15) is 19.1 Å². The molecule has 0 saturated heterocycles. The topological polar surface area (TPSA) is 72.8 Å². The molecule has 0 amide bonds. The highest BCUT2D eigenvalue weighted by Crippen LogP contribution is 2.29. The molecule has 0 fully saturated rings. The highest BCUT2D eigenvalue weighted by atomic mass is 19.1. The molecule has 3 rings (SSSR count). The van der Waals surface area contributed by atoms with Gasteiger partial charge in [-0.05, 0) is 36.3 Å². The quantitative estimate of drug-likeness (QED) is 0.107. The number of aliphatic carboxylic acids is 1. The number of carbonyl (C=O) groups excluding carboxylic acids is 1. The lowest BCUT2D eigenvalue weighted by molar-refractivity contribution is -0.164. The number of hydrogen-bond acceptors (Lipinski definition) is 4. The largest absolute Gasteiger partial charge is 0.493 e. The van der Waals surface area contributed by atoms with Crippen LogP contribution in [-0.4, -0.2) is 29.3 Å². The van der Waals surface area contributed by atoms with Crippen LogP contribution in [0.15, 0.2) is 72.8 Å². The molecule has 0 saturated carbocycles. The van der Waals surface area contributed by atoms with E-state index < -0.39 is 23.4 Å². The van der Waals surface area contributed by atoms with Crippen LogP contribution in [0, 0.1) is 17.7 Å². The predicted molar refractivity (Wildman–Crippen MR) is 155 cm³/mol. The van der Waals surface area contributed by atoms with Gasteiger partial charge in [-0.2, -0.15) is 0 Å². The number of benzene rings is 2. The van der Waals surface area contributed by atoms with Gasteiger partial charge in [-0.25, -0.2) is 14.0 Å². The summed E-state index contributed by atoms with van der Waals surface area (Å²) in [5.74, 6) is 1.84. The normalized spacial score (nSPS) is 17.6. The maximum absolute atomic E-state index is 14.5. The second kappa shape index (κ2) is 16.3. The summed E-state index contributed by atoms with van der Waals surface area (Å²) in [6, 6.07) is 13.8. The summed E-state index contributed by atoms with van der Waals surface area (Å²) < 4.78 is 25.4. The maximum atomic E-state index is 14.5. The SMILES string of the molecule is CCCCCCCCCCCCOc1ccc(C#CC(=O)OC2(C(=O)O)C=CC(c3ccccc3)C=C2)c(F)c1. The van der Waals surface area contributed by atoms with Gasteiger partial charge in [0, 0.05) is 17.9 Å². The molecule has 1 aliphatic rings. The van der Waals surface area contributed by atoms with Crippen molar-refractivity contribution in [2.45, 2.75) is 82.7 Å². The monoisotopic (exact) mass is 546 g/mol. The van der Waals surface area contributed by atoms with Gasteiger partial charge in [0.1, 0.15) is 11.6 Å². The Kier molecular flexibility index (Phi) is 12.5. The Morgan fingerprint density at radius 1 is 0.900 bits per heavy atom. The van der Waals surface area contributed by atoms with E-state index in [4.69, 9.17) is 9.47 Å². The van der Waals surface area contributed by atoms with E-state index in [2.05, 4.69) is 18.8 Å². The third kappa shape index (κ3) is 9.72. The van der Waals surface area contributed by atoms with Gasteiger partial charge in [-0.1, -0.05) is 113 Å². The van der Waals surface area contributed by atoms with Crippen molar-refractivity contribution in [3.63, 3.8) is 0 Å². The molecule has 5 nitrogen and oxygen atoms in total. The fourth-order valence-electron chi connectivity index (χ4n) is 4.53. The number of carboxylic acid groups (broad SMARTS) is 1. The van der Waals surface area contributed by atoms with Crippen LogP contribution in [0.3, 0.4) is 0 Å². The molecule has 40 heavy (non-hydrogen) atoms. The first-order chi connectivity index (χ1) is 19.4. The minimum absolute atomic E-state index is 0.00789. The van der Waals surface area contributed by atoms with Crippen LogP contribution >= 0.6 is 0 Å². The first-order valence-corrected chi connectivity index (χ1v) is 14.3. The number of ether oxygens (including phenoxy) is 2. The molecule has 212 valence electrons. The molecule has 0 radical (unpaired) electrons. The zero-order valence-electron chi connectivity index (χ0n) is 23.2. The van der Waals surface area contributed by atoms with Gasteiger partial charge < -0.3 is 14.6 Å². The second-order valence-corrected chi connectivity index (χ2v) is 10.1. The van der Waals surface area contributed by atoms with Gasteiger partial charge in [0.2, 0.25) is 5.60 Å². The standard InChI is InChI=1S/C34H39FO5/c1-2-3-4-5-6-7-8-9-10-14-25-39-30-19-17-29(31(35)26-30)18-20-32(36)40-34(33(37)38)23-21-28(22-24-34)27-15-12-11-13-16-27/h11-13,15-17,19,21-24,26,28H,2-10,14,25H2,1H3,(H,37,38). The number of allylic oxidation sites excluding steroid dienone is 2. The van der Waals surface area contributed by atoms with Crippen LogP contribution in [0.25, 0.3) is 0 Å². The van der Waals surface area contributed by atoms with Crippen molar-refractivity contribution in [3.8, 4) is 17.6 Å². The first kappa shape index (κ1) is 30.7. The number of unbranched alkanes of at least 4 members (excludes halogenated alkanes) is 9. The average Bonchev–Trinajstić information content (AvgIpc) is 2.96. The van der Waals surface area contributed by atoms with Crippen LogP contribution in [-0.2, 0) is 14.3 Å². The van der Waals surface area contributed by atoms with Crippen LogP contribution < -0.4 is 4.74 Å². The number of esters is 1. The average molecular weight is 547 g/mol. The summed E-state index contributed by atoms with van der Waals surface area (Å²) in [4.78, 5) is 24.3. The lowest BCUT2D eigenvalue weighted by Gasteiger charge is -2.26. The van der Waals surface area contributed by atoms with Gasteiger partial charge in [0.05, 0.1) is 12.2 Å². The highest BCUT2D eigenvalue weighted by Gasteiger charge is 2.39. The fraction of sp³-hybridized carbons (Fsp3) is 0.412. The lowest BCUT2D eigenvalue weighted by Crippen LogP contribution is -2.40. The number of carbonyl (C=O) groups is 2. The fourth-order valence-corrected chi connectivity index (χ4v) is 4.53. The molecular formula is C34H39FO5. The van der Waals surface area contributed by atoms with Crippen LogP contribution in [0.1, 0.15) is 88.2 Å². The molecule has 2 aromatic carbocycles. The summed E-state index contributed by atoms with van der Waals surface area (Å²) in [5.41, 5.74) is -1.000. The molecule has 0 unspecified atom stereocenters. The van der Waals surface area contributed by atoms with Gasteiger partial charge in [0.15, 0.2) is 0 Å². The molecule has 6 heteroatoms. The summed E-state index contributed by atoms with van der Waals surface area (Å²) in [7, 11) is 0. The molecule has 1 aliphatic carbocycles. The van der Waals surface area contributed by atoms with E-state index in [1.807, 2.05) is 30.3 Å². The number of rotatable bonds is 15. The van der Waals surface area contributed by atoms with Crippen molar-refractivity contribution in [1.82, 2.24) is 0 Å². The van der Waals surface area contributed by atoms with E-state index >= 15 is 0 Å². The number of hydrogen-bond donors (Lipinski definition) is 1. The van der Waals surface area contributed by atoms with Crippen LogP contribution in [0.4, 0.5) is 4.39 Å². The van der Waals surface area contributed by atoms with Gasteiger partial charge >= 0.3 is 11.9 Å². The van der Waals surface area contributed by atoms with Crippen molar-refractivity contribution < 1.29 is 28.6 Å². The smallest absolute Gasteiger partial charge is 0.386 e. The molecule has 2 aromatic rings. The Labute approximate surface area is 237 Å². The van der Waals surface area contributed by atoms with Crippen molar-refractivity contribution in [1.29, 1.82) is 0 Å². The third-order valence-electron chi connectivity index (χ3n) is 6.89. The first-order valence-electron chi connectivity index (χ1n) is 14.3. The molecule has 0 spiro atoms. The molecule has 0 atom stereocenters. The van der Waals surface area contributed by atoms with E-state index in [0.29, 0.717) is 12.4 Å². The van der Waals surface area contributed by atoms with Crippen molar-refractivity contribution >= 4 is 11.9 Å². The zero-order chi connectivity index (χ0) is 28.6. The molecule has 0 aliphatic heterocycles. The minimum atomic E-state index is -1.97. The van der Waals surface area contributed by atoms with E-state index in [1.54, 1.807) is 18.2 Å². The highest BCUT2D eigenvalue weighted by molar-refractivity contribution is 5.94. The Bertz CT molecular complexity index is 1210. The predicted octanol–water partition coefficient (Wildman–Crippen LogP) is 7.75. The molecule has 1 N–H and O–H groups in total. The number of carboxylic acids is 1. The Hall–Kier alpha value is -3.85. The van der Waals surface area contributed by atoms with E-state index in [1.165, 1.54) is 75.7 Å². The zero-order valence-corrected chi connectivity index (χ0v) is 23.2. The number of halogens is 1. The van der Waals surface area contributed by atoms with Crippen LogP contribution in [0.5, 0.6) is 5.75 Å². The summed E-state index contributed by atoms with van der Waals surface area (Å²) in [5, 5.41) is 9.73. The molecule has 0 bridgehead atoms. The Morgan fingerprint density at radius 2 is 1.52 bits per heavy atom. The second-order valence-electron chi connectivity index (χ2n) is 10.1. The third-order valence-corrected chi connectivity index (χ3v) is 6.89. The van der Waals surface area contributed by atoms with E-state index in [-0.39, 0.29) is 11.5 Å². The van der Waals surface area contributed by atoms with Crippen molar-refractivity contribution in [2.24, 2.45) is 0 Å². The maximum Gasteiger partial charge on any atom is 0.386 e. The van der Waals surface area contributed by atoms with Crippen molar-refractivity contribution in [2.75, 3.05) is 6.61 Å². The Balaban J connectivity index is 1.44. The van der Waals surface area contributed by atoms with Gasteiger partial charge in [-0.3, -0.25) is 0 Å². The minimum Gasteiger partial charge on any atom is -0.493 e. The van der Waals surface area contributed by atoms with Gasteiger partial charge in [0.25, 0.3) is 0 Å². The summed E-state index contributed by atoms with van der Waals surface area (Å²) in [6.07, 6.45) is 18.3.